The predicted octanol–water partition coefficient (Wildman–Crippen LogP) is 8.27. The first-order valence-corrected chi connectivity index (χ1v) is 17.2. The van der Waals surface area contributed by atoms with Gasteiger partial charge >= 0.3 is 29.8 Å². The standard InChI is InChI=1S/C25H22O14.C2H6O.5C2H6/c1-32-21(27)16-6-7-18(38-16)23(29)34-12-3-13-36-25(31)20-9-8-19(39-20)24(30)35-11-2-10-33-22(28)17-5-4-15(14-26)37-17;1-3-2;5*1-2/h4-9,14H,2-3,10-13H2,1H3;1-2H3;5*1-2H3. The number of esters is 5. The third kappa shape index (κ3) is 22.5. The van der Waals surface area contributed by atoms with Gasteiger partial charge in [0, 0.05) is 27.1 Å². The quantitative estimate of drug-likeness (QED) is 0.0661. The molecule has 0 saturated carbocycles. The van der Waals surface area contributed by atoms with E-state index < -0.39 is 29.8 Å². The molecule has 0 amide bonds. The Bertz CT molecular complexity index is 1350. The number of carbonyl (C=O) groups is 6. The first kappa shape index (κ1) is 53.6. The molecule has 52 heavy (non-hydrogen) atoms. The summed E-state index contributed by atoms with van der Waals surface area (Å²) in [7, 11) is 4.42. The van der Waals surface area contributed by atoms with Crippen molar-refractivity contribution in [2.75, 3.05) is 47.8 Å². The molecule has 3 rings (SSSR count). The molecule has 15 nitrogen and oxygen atoms in total. The molecule has 3 heterocycles. The number of rotatable bonds is 14. The van der Waals surface area contributed by atoms with E-state index in [-0.39, 0.29) is 73.8 Å². The van der Waals surface area contributed by atoms with Crippen molar-refractivity contribution in [1.29, 1.82) is 0 Å². The lowest BCUT2D eigenvalue weighted by Gasteiger charge is -2.05. The minimum Gasteiger partial charge on any atom is -0.463 e. The summed E-state index contributed by atoms with van der Waals surface area (Å²) < 4.78 is 43.7. The fourth-order valence-corrected chi connectivity index (χ4v) is 2.80. The van der Waals surface area contributed by atoms with Gasteiger partial charge in [-0.05, 0) is 36.4 Å². The highest BCUT2D eigenvalue weighted by molar-refractivity contribution is 5.91. The lowest BCUT2D eigenvalue weighted by Crippen LogP contribution is -2.11. The lowest BCUT2D eigenvalue weighted by molar-refractivity contribution is 0.0350. The largest absolute Gasteiger partial charge is 0.463 e. The maximum atomic E-state index is 12.1. The van der Waals surface area contributed by atoms with E-state index in [1.54, 1.807) is 14.2 Å². The van der Waals surface area contributed by atoms with Gasteiger partial charge in [0.2, 0.25) is 28.8 Å². The van der Waals surface area contributed by atoms with E-state index in [0.29, 0.717) is 6.29 Å². The highest BCUT2D eigenvalue weighted by atomic mass is 16.6. The van der Waals surface area contributed by atoms with Crippen molar-refractivity contribution in [1.82, 2.24) is 0 Å². The van der Waals surface area contributed by atoms with Crippen LogP contribution < -0.4 is 0 Å². The minimum atomic E-state index is -0.850. The number of furan rings is 3. The van der Waals surface area contributed by atoms with E-state index in [1.165, 1.54) is 43.5 Å². The number of ether oxygens (including phenoxy) is 6. The van der Waals surface area contributed by atoms with Crippen LogP contribution in [-0.4, -0.2) is 83.9 Å². The Kier molecular flexibility index (Phi) is 38.2. The zero-order chi connectivity index (χ0) is 40.9. The van der Waals surface area contributed by atoms with Gasteiger partial charge in [0.15, 0.2) is 12.0 Å². The van der Waals surface area contributed by atoms with Crippen LogP contribution in [0.4, 0.5) is 0 Å². The maximum Gasteiger partial charge on any atom is 0.374 e. The summed E-state index contributed by atoms with van der Waals surface area (Å²) in [6.45, 7) is 19.6. The fourth-order valence-electron chi connectivity index (χ4n) is 2.80. The molecule has 15 heteroatoms. The van der Waals surface area contributed by atoms with Gasteiger partial charge in [0.05, 0.1) is 33.5 Å². The summed E-state index contributed by atoms with van der Waals surface area (Å²) in [5.74, 6) is -4.98. The van der Waals surface area contributed by atoms with Crippen molar-refractivity contribution in [3.8, 4) is 0 Å². The zero-order valence-electron chi connectivity index (χ0n) is 32.9. The van der Waals surface area contributed by atoms with Gasteiger partial charge in [0.25, 0.3) is 0 Å². The summed E-state index contributed by atoms with van der Waals surface area (Å²) in [5.41, 5.74) is 0. The van der Waals surface area contributed by atoms with Crippen molar-refractivity contribution < 1.29 is 70.4 Å². The highest BCUT2D eigenvalue weighted by Gasteiger charge is 2.19. The van der Waals surface area contributed by atoms with Crippen LogP contribution in [0.5, 0.6) is 0 Å². The van der Waals surface area contributed by atoms with E-state index in [2.05, 4.69) is 9.47 Å². The van der Waals surface area contributed by atoms with E-state index >= 15 is 0 Å². The smallest absolute Gasteiger partial charge is 0.374 e. The zero-order valence-corrected chi connectivity index (χ0v) is 32.9. The Labute approximate surface area is 307 Å². The predicted molar refractivity (Wildman–Crippen MR) is 193 cm³/mol. The molecule has 0 unspecified atom stereocenters. The number of hydrogen-bond donors (Lipinski definition) is 0. The molecule has 0 aliphatic rings. The van der Waals surface area contributed by atoms with Gasteiger partial charge < -0.3 is 41.7 Å². The molecule has 0 aromatic carbocycles. The van der Waals surface area contributed by atoms with Gasteiger partial charge in [0.1, 0.15) is 0 Å². The van der Waals surface area contributed by atoms with Crippen LogP contribution in [0.2, 0.25) is 0 Å². The highest BCUT2D eigenvalue weighted by Crippen LogP contribution is 2.13. The summed E-state index contributed by atoms with van der Waals surface area (Å²) in [6.07, 6.45) is 0.774. The molecule has 3 aromatic rings. The minimum absolute atomic E-state index is 0.0121. The summed E-state index contributed by atoms with van der Waals surface area (Å²) in [6, 6.07) is 7.61. The van der Waals surface area contributed by atoms with Gasteiger partial charge in [-0.1, -0.05) is 69.2 Å². The molecule has 0 aliphatic heterocycles. The second kappa shape index (κ2) is 37.1. The van der Waals surface area contributed by atoms with Crippen LogP contribution in [0.3, 0.4) is 0 Å². The van der Waals surface area contributed by atoms with Crippen LogP contribution in [0, 0.1) is 0 Å². The first-order valence-electron chi connectivity index (χ1n) is 17.2. The molecule has 0 aliphatic carbocycles. The van der Waals surface area contributed by atoms with E-state index in [1.807, 2.05) is 69.2 Å². The molecule has 296 valence electrons. The van der Waals surface area contributed by atoms with Crippen molar-refractivity contribution >= 4 is 36.1 Å². The van der Waals surface area contributed by atoms with Crippen molar-refractivity contribution in [3.05, 3.63) is 71.0 Å². The monoisotopic (exact) mass is 742 g/mol. The van der Waals surface area contributed by atoms with Crippen LogP contribution in [0.1, 0.15) is 145 Å². The first-order chi connectivity index (χ1) is 25.2. The molecule has 0 spiro atoms. The lowest BCUT2D eigenvalue weighted by atomic mass is 10.4. The Morgan fingerprint density at radius 3 is 0.962 bits per heavy atom. The molecule has 0 bridgehead atoms. The Morgan fingerprint density at radius 1 is 0.462 bits per heavy atom. The van der Waals surface area contributed by atoms with Crippen molar-refractivity contribution in [2.24, 2.45) is 0 Å². The van der Waals surface area contributed by atoms with Crippen LogP contribution in [0.25, 0.3) is 0 Å². The third-order valence-corrected chi connectivity index (χ3v) is 4.66. The average molecular weight is 743 g/mol. The van der Waals surface area contributed by atoms with Gasteiger partial charge in [-0.25, -0.2) is 24.0 Å². The molecule has 0 atom stereocenters. The number of hydrogen-bond acceptors (Lipinski definition) is 15. The van der Waals surface area contributed by atoms with Crippen molar-refractivity contribution in [2.45, 2.75) is 82.1 Å². The molecule has 3 aromatic heterocycles. The van der Waals surface area contributed by atoms with Crippen LogP contribution in [0.15, 0.2) is 49.6 Å². The normalized spacial score (nSPS) is 8.71. The molecule has 0 saturated heterocycles. The Hall–Kier alpha value is -5.18. The van der Waals surface area contributed by atoms with Gasteiger partial charge in [-0.3, -0.25) is 4.79 Å². The van der Waals surface area contributed by atoms with E-state index in [4.69, 9.17) is 32.2 Å². The van der Waals surface area contributed by atoms with Crippen LogP contribution >= 0.6 is 0 Å². The van der Waals surface area contributed by atoms with Gasteiger partial charge in [-0.2, -0.15) is 0 Å². The van der Waals surface area contributed by atoms with E-state index in [9.17, 15) is 28.8 Å². The molecule has 0 fully saturated rings. The Morgan fingerprint density at radius 2 is 0.712 bits per heavy atom. The molecule has 0 N–H and O–H groups in total. The maximum absolute atomic E-state index is 12.1. The summed E-state index contributed by atoms with van der Waals surface area (Å²) in [5, 5.41) is 0. The third-order valence-electron chi connectivity index (χ3n) is 4.66. The SMILES string of the molecule is CC.CC.CC.CC.CC.COC.COC(=O)c1ccc(C(=O)OCCCOC(=O)c2ccc(C(=O)OCCCOC(=O)c3ccc(C=O)o3)o2)o1. The number of aldehydes is 1. The Balaban J connectivity index is -0.000000791. The number of carbonyl (C=O) groups excluding carboxylic acids is 6. The second-order valence-corrected chi connectivity index (χ2v) is 7.80. The molecule has 0 radical (unpaired) electrons. The molecular formula is C37H58O15. The second-order valence-electron chi connectivity index (χ2n) is 7.80. The fraction of sp³-hybridized carbons (Fsp3) is 0.514. The molecular weight excluding hydrogens is 684 g/mol. The van der Waals surface area contributed by atoms with Crippen molar-refractivity contribution in [3.63, 3.8) is 0 Å². The summed E-state index contributed by atoms with van der Waals surface area (Å²) in [4.78, 5) is 69.7. The van der Waals surface area contributed by atoms with E-state index in [0.717, 1.165) is 0 Å². The topological polar surface area (TPSA) is 197 Å². The van der Waals surface area contributed by atoms with Gasteiger partial charge in [-0.15, -0.1) is 0 Å². The summed E-state index contributed by atoms with van der Waals surface area (Å²) >= 11 is 0. The average Bonchev–Trinajstić information content (AvgIpc) is 4.00. The number of methoxy groups -OCH3 is 2. The van der Waals surface area contributed by atoms with Crippen LogP contribution in [-0.2, 0) is 28.4 Å².